The van der Waals surface area contributed by atoms with E-state index in [1.807, 2.05) is 32.9 Å². The number of oxime groups is 1. The average Bonchev–Trinajstić information content (AvgIpc) is 2.85. The van der Waals surface area contributed by atoms with Crippen LogP contribution in [0.1, 0.15) is 71.9 Å². The van der Waals surface area contributed by atoms with Crippen LogP contribution >= 0.6 is 0 Å². The molecule has 0 bridgehead atoms. The molecule has 2 aliphatic rings. The zero-order valence-electron chi connectivity index (χ0n) is 25.9. The van der Waals surface area contributed by atoms with Crippen LogP contribution in [0.2, 0.25) is 18.1 Å². The molecular formula is C31H48FN3O4Si. The Bertz CT molecular complexity index is 1140. The van der Waals surface area contributed by atoms with Crippen LogP contribution in [0.25, 0.3) is 5.57 Å². The quantitative estimate of drug-likeness (QED) is 0.120. The molecule has 3 rings (SSSR count). The summed E-state index contributed by atoms with van der Waals surface area (Å²) in [6.45, 7) is 22.8. The molecule has 0 aromatic heterocycles. The molecule has 9 heteroatoms. The smallest absolute Gasteiger partial charge is 0.192 e. The maximum Gasteiger partial charge on any atom is 0.192 e. The summed E-state index contributed by atoms with van der Waals surface area (Å²) < 4.78 is 34.7. The molecule has 1 aromatic rings. The van der Waals surface area contributed by atoms with E-state index in [4.69, 9.17) is 18.7 Å². The Kier molecular flexibility index (Phi) is 10.5. The Balaban J connectivity index is 1.99. The zero-order valence-corrected chi connectivity index (χ0v) is 26.9. The summed E-state index contributed by atoms with van der Waals surface area (Å²) in [6.07, 6.45) is 4.57. The minimum atomic E-state index is -2.03. The molecule has 7 nitrogen and oxygen atoms in total. The fraction of sp³-hybridized carbons (Fsp3) is 0.613. The van der Waals surface area contributed by atoms with Crippen LogP contribution in [0.4, 0.5) is 4.39 Å². The van der Waals surface area contributed by atoms with Crippen molar-refractivity contribution in [2.45, 2.75) is 97.4 Å². The average molecular weight is 574 g/mol. The second-order valence-electron chi connectivity index (χ2n) is 12.7. The van der Waals surface area contributed by atoms with Crippen LogP contribution in [0.15, 0.2) is 45.8 Å². The monoisotopic (exact) mass is 573 g/mol. The lowest BCUT2D eigenvalue weighted by Crippen LogP contribution is -2.48. The van der Waals surface area contributed by atoms with E-state index in [2.05, 4.69) is 55.6 Å². The normalized spacial score (nSPS) is 19.6. The Morgan fingerprint density at radius 1 is 1.20 bits per heavy atom. The fourth-order valence-corrected chi connectivity index (χ4v) is 5.50. The van der Waals surface area contributed by atoms with Gasteiger partial charge in [-0.05, 0) is 76.5 Å². The van der Waals surface area contributed by atoms with E-state index in [0.717, 1.165) is 36.1 Å². The molecule has 0 N–H and O–H groups in total. The van der Waals surface area contributed by atoms with Gasteiger partial charge in [-0.25, -0.2) is 9.38 Å². The van der Waals surface area contributed by atoms with Gasteiger partial charge in [-0.2, -0.15) is 0 Å². The van der Waals surface area contributed by atoms with Crippen molar-refractivity contribution < 1.29 is 23.1 Å². The summed E-state index contributed by atoms with van der Waals surface area (Å²) in [5.74, 6) is 0.406. The van der Waals surface area contributed by atoms with Crippen molar-refractivity contribution in [3.63, 3.8) is 0 Å². The number of aliphatic imine (C=N–C) groups is 1. The number of hydrogen-bond donors (Lipinski definition) is 0. The number of likely N-dealkylation sites (tertiary alicyclic amines) is 1. The Hall–Kier alpha value is -2.33. The third-order valence-corrected chi connectivity index (χ3v) is 12.6. The topological polar surface area (TPSA) is 64.9 Å². The molecule has 0 saturated carbocycles. The number of halogens is 1. The Morgan fingerprint density at radius 3 is 2.48 bits per heavy atom. The van der Waals surface area contributed by atoms with Crippen molar-refractivity contribution >= 4 is 26.3 Å². The van der Waals surface area contributed by atoms with E-state index >= 15 is 4.39 Å². The van der Waals surface area contributed by atoms with Gasteiger partial charge < -0.3 is 23.6 Å². The van der Waals surface area contributed by atoms with E-state index < -0.39 is 13.9 Å². The molecule has 2 fully saturated rings. The number of ether oxygens (including phenoxy) is 2. The van der Waals surface area contributed by atoms with Crippen LogP contribution < -0.4 is 0 Å². The van der Waals surface area contributed by atoms with Gasteiger partial charge in [0.1, 0.15) is 18.7 Å². The predicted molar refractivity (Wildman–Crippen MR) is 163 cm³/mol. The Labute approximate surface area is 241 Å². The highest BCUT2D eigenvalue weighted by atomic mass is 28.4. The minimum Gasteiger partial charge on any atom is -0.412 e. The number of rotatable bonds is 11. The van der Waals surface area contributed by atoms with Gasteiger partial charge in [0.05, 0.1) is 31.0 Å². The molecule has 0 radical (unpaired) electrons. The number of nitrogens with zero attached hydrogens (tertiary/aromatic N) is 3. The fourth-order valence-electron chi connectivity index (χ4n) is 4.56. The van der Waals surface area contributed by atoms with Crippen LogP contribution in [0, 0.1) is 5.82 Å². The van der Waals surface area contributed by atoms with E-state index in [1.165, 1.54) is 7.11 Å². The number of benzene rings is 1. The van der Waals surface area contributed by atoms with Gasteiger partial charge in [-0.1, -0.05) is 44.1 Å². The third kappa shape index (κ3) is 7.69. The SMILES string of the molecule is C=N/C(=C(\C=C(/C)c1cccc(CO[Si](C)(C)C(C)(C)C)c1F)C(C)(C)OC1CCCCO1)N1CC(=NOC)C1. The van der Waals surface area contributed by atoms with Crippen molar-refractivity contribution in [2.75, 3.05) is 26.8 Å². The second-order valence-corrected chi connectivity index (χ2v) is 17.5. The van der Waals surface area contributed by atoms with Gasteiger partial charge in [-0.15, -0.1) is 0 Å². The summed E-state index contributed by atoms with van der Waals surface area (Å²) in [5, 5.41) is 4.10. The first-order valence-corrected chi connectivity index (χ1v) is 17.1. The highest BCUT2D eigenvalue weighted by Crippen LogP contribution is 2.38. The molecule has 40 heavy (non-hydrogen) atoms. The van der Waals surface area contributed by atoms with Gasteiger partial charge in [0.25, 0.3) is 0 Å². The Morgan fingerprint density at radius 2 is 1.90 bits per heavy atom. The summed E-state index contributed by atoms with van der Waals surface area (Å²) in [6, 6.07) is 5.49. The molecule has 1 unspecified atom stereocenters. The number of hydrogen-bond acceptors (Lipinski definition) is 7. The zero-order chi connectivity index (χ0) is 29.7. The molecule has 0 amide bonds. The summed E-state index contributed by atoms with van der Waals surface area (Å²) in [7, 11) is -0.492. The first kappa shape index (κ1) is 32.2. The first-order valence-electron chi connectivity index (χ1n) is 14.1. The minimum absolute atomic E-state index is 0.0446. The first-order chi connectivity index (χ1) is 18.7. The van der Waals surface area contributed by atoms with Crippen LogP contribution in [0.5, 0.6) is 0 Å². The largest absolute Gasteiger partial charge is 0.412 e. The molecule has 1 atom stereocenters. The standard InChI is InChI=1S/C31H48FN3O4Si/c1-22(25-15-13-14-23(28(25)32)21-38-40(9,10)30(2,3)4)18-26(29(33-7)35-19-24(20-35)34-36-8)31(5,6)39-27-16-11-12-17-37-27/h13-15,18,27H,7,11-12,16-17,19-21H2,1-6,8-10H3/b22-18+,29-26-. The van der Waals surface area contributed by atoms with Crippen LogP contribution in [-0.4, -0.2) is 64.3 Å². The lowest BCUT2D eigenvalue weighted by atomic mass is 9.91. The molecule has 2 heterocycles. The maximum atomic E-state index is 15.9. The van der Waals surface area contributed by atoms with Crippen molar-refractivity contribution in [1.82, 2.24) is 4.90 Å². The van der Waals surface area contributed by atoms with Gasteiger partial charge in [-0.3, -0.25) is 0 Å². The molecule has 1 aromatic carbocycles. The van der Waals surface area contributed by atoms with Gasteiger partial charge in [0.2, 0.25) is 0 Å². The lowest BCUT2D eigenvalue weighted by molar-refractivity contribution is -0.204. The highest BCUT2D eigenvalue weighted by molar-refractivity contribution is 6.74. The van der Waals surface area contributed by atoms with Crippen molar-refractivity contribution in [3.05, 3.63) is 52.6 Å². The van der Waals surface area contributed by atoms with Crippen molar-refractivity contribution in [1.29, 1.82) is 0 Å². The van der Waals surface area contributed by atoms with E-state index in [-0.39, 0.29) is 23.8 Å². The maximum absolute atomic E-state index is 15.9. The van der Waals surface area contributed by atoms with E-state index in [9.17, 15) is 0 Å². The number of allylic oxidation sites excluding steroid dienone is 1. The molecule has 0 spiro atoms. The van der Waals surface area contributed by atoms with Crippen LogP contribution in [0.3, 0.4) is 0 Å². The summed E-state index contributed by atoms with van der Waals surface area (Å²) in [5.41, 5.74) is 2.76. The van der Waals surface area contributed by atoms with Gasteiger partial charge in [0.15, 0.2) is 14.6 Å². The van der Waals surface area contributed by atoms with Crippen molar-refractivity contribution in [2.24, 2.45) is 10.1 Å². The third-order valence-electron chi connectivity index (χ3n) is 8.13. The van der Waals surface area contributed by atoms with Gasteiger partial charge >= 0.3 is 0 Å². The highest BCUT2D eigenvalue weighted by Gasteiger charge is 2.38. The summed E-state index contributed by atoms with van der Waals surface area (Å²) >= 11 is 0. The van der Waals surface area contributed by atoms with E-state index in [1.54, 1.807) is 12.1 Å². The van der Waals surface area contributed by atoms with Crippen LogP contribution in [-0.2, 0) is 25.3 Å². The summed E-state index contributed by atoms with van der Waals surface area (Å²) in [4.78, 5) is 11.4. The van der Waals surface area contributed by atoms with Gasteiger partial charge in [0, 0.05) is 23.3 Å². The second kappa shape index (κ2) is 13.1. The molecular weight excluding hydrogens is 525 g/mol. The molecule has 0 aliphatic carbocycles. The van der Waals surface area contributed by atoms with E-state index in [0.29, 0.717) is 36.6 Å². The molecule has 2 saturated heterocycles. The molecule has 2 aliphatic heterocycles. The molecule has 222 valence electrons. The predicted octanol–water partition coefficient (Wildman–Crippen LogP) is 7.30. The van der Waals surface area contributed by atoms with Crippen molar-refractivity contribution in [3.8, 4) is 0 Å². The lowest BCUT2D eigenvalue weighted by Gasteiger charge is -2.39.